The maximum Gasteiger partial charge on any atom is 0.0558 e. The molecule has 0 amide bonds. The summed E-state index contributed by atoms with van der Waals surface area (Å²) in [6.45, 7) is 5.26. The van der Waals surface area contributed by atoms with Crippen molar-refractivity contribution in [2.24, 2.45) is 0 Å². The summed E-state index contributed by atoms with van der Waals surface area (Å²) in [7, 11) is 0. The minimum Gasteiger partial charge on any atom is -0.395 e. The Morgan fingerprint density at radius 3 is 3.07 bits per heavy atom. The quantitative estimate of drug-likeness (QED) is 0.891. The first-order valence-corrected chi connectivity index (χ1v) is 6.12. The molecule has 15 heavy (non-hydrogen) atoms. The summed E-state index contributed by atoms with van der Waals surface area (Å²) in [5.74, 6) is 0.538. The van der Waals surface area contributed by atoms with Crippen LogP contribution in [0.1, 0.15) is 24.0 Å². The Morgan fingerprint density at radius 1 is 1.53 bits per heavy atom. The highest BCUT2D eigenvalue weighted by Gasteiger charge is 2.23. The van der Waals surface area contributed by atoms with Crippen LogP contribution in [0.2, 0.25) is 0 Å². The van der Waals surface area contributed by atoms with Gasteiger partial charge in [-0.05, 0) is 23.1 Å². The number of hydrogen-bond acceptors (Lipinski definition) is 2. The smallest absolute Gasteiger partial charge is 0.0558 e. The normalized spacial score (nSPS) is 21.4. The van der Waals surface area contributed by atoms with Gasteiger partial charge >= 0.3 is 0 Å². The third kappa shape index (κ3) is 2.25. The van der Waals surface area contributed by atoms with Crippen LogP contribution in [0.5, 0.6) is 0 Å². The van der Waals surface area contributed by atoms with Gasteiger partial charge in [0.15, 0.2) is 0 Å². The van der Waals surface area contributed by atoms with Gasteiger partial charge in [-0.3, -0.25) is 4.90 Å². The standard InChI is InChI=1S/C12H16BrNO/c1-9-7-14(5-6-15)8-10-3-2-4-11(13)12(9)10/h2-4,9,15H,5-8H2,1H3. The van der Waals surface area contributed by atoms with E-state index < -0.39 is 0 Å². The number of hydrogen-bond donors (Lipinski definition) is 1. The number of halogens is 1. The molecule has 2 nitrogen and oxygen atoms in total. The van der Waals surface area contributed by atoms with Crippen molar-refractivity contribution >= 4 is 15.9 Å². The van der Waals surface area contributed by atoms with Crippen LogP contribution in [-0.2, 0) is 6.54 Å². The fourth-order valence-electron chi connectivity index (χ4n) is 2.37. The molecule has 0 bridgehead atoms. The SMILES string of the molecule is CC1CN(CCO)Cc2cccc(Br)c21. The van der Waals surface area contributed by atoms with E-state index >= 15 is 0 Å². The molecule has 1 aromatic rings. The lowest BCUT2D eigenvalue weighted by Gasteiger charge is -2.33. The molecule has 0 fully saturated rings. The Bertz CT molecular complexity index is 353. The van der Waals surface area contributed by atoms with Gasteiger partial charge in [0, 0.05) is 24.1 Å². The van der Waals surface area contributed by atoms with Gasteiger partial charge in [-0.15, -0.1) is 0 Å². The van der Waals surface area contributed by atoms with Gasteiger partial charge in [-0.1, -0.05) is 35.0 Å². The van der Waals surface area contributed by atoms with Crippen molar-refractivity contribution in [1.82, 2.24) is 4.90 Å². The fourth-order valence-corrected chi connectivity index (χ4v) is 3.17. The topological polar surface area (TPSA) is 23.5 Å². The minimum atomic E-state index is 0.246. The second-order valence-electron chi connectivity index (χ2n) is 4.17. The molecular formula is C12H16BrNO. The van der Waals surface area contributed by atoms with E-state index in [-0.39, 0.29) is 6.61 Å². The van der Waals surface area contributed by atoms with E-state index in [2.05, 4.69) is 46.0 Å². The van der Waals surface area contributed by atoms with Crippen LogP contribution < -0.4 is 0 Å². The zero-order valence-corrected chi connectivity index (χ0v) is 10.5. The zero-order valence-electron chi connectivity index (χ0n) is 8.91. The number of aliphatic hydroxyl groups excluding tert-OH is 1. The minimum absolute atomic E-state index is 0.246. The second-order valence-corrected chi connectivity index (χ2v) is 5.03. The third-order valence-electron chi connectivity index (χ3n) is 2.98. The first-order valence-electron chi connectivity index (χ1n) is 5.33. The Hall–Kier alpha value is -0.380. The lowest BCUT2D eigenvalue weighted by molar-refractivity contribution is 0.174. The molecule has 1 aliphatic heterocycles. The molecule has 3 heteroatoms. The van der Waals surface area contributed by atoms with Crippen molar-refractivity contribution in [3.8, 4) is 0 Å². The molecule has 82 valence electrons. The molecule has 1 unspecified atom stereocenters. The van der Waals surface area contributed by atoms with Gasteiger partial charge in [-0.25, -0.2) is 0 Å². The van der Waals surface area contributed by atoms with E-state index in [4.69, 9.17) is 5.11 Å². The van der Waals surface area contributed by atoms with E-state index in [9.17, 15) is 0 Å². The van der Waals surface area contributed by atoms with Gasteiger partial charge < -0.3 is 5.11 Å². The van der Waals surface area contributed by atoms with E-state index in [1.54, 1.807) is 0 Å². The van der Waals surface area contributed by atoms with Crippen molar-refractivity contribution in [3.05, 3.63) is 33.8 Å². The first-order chi connectivity index (χ1) is 7.22. The summed E-state index contributed by atoms with van der Waals surface area (Å²) in [6.07, 6.45) is 0. The Kier molecular flexibility index (Phi) is 3.44. The number of β-amino-alcohol motifs (C(OH)–C–C–N with tert-alkyl or cyclic N) is 1. The number of rotatable bonds is 2. The van der Waals surface area contributed by atoms with Crippen LogP contribution in [-0.4, -0.2) is 29.7 Å². The zero-order chi connectivity index (χ0) is 10.8. The molecule has 2 rings (SSSR count). The maximum atomic E-state index is 8.96. The highest BCUT2D eigenvalue weighted by Crippen LogP contribution is 2.33. The predicted octanol–water partition coefficient (Wildman–Crippen LogP) is 2.36. The third-order valence-corrected chi connectivity index (χ3v) is 3.67. The van der Waals surface area contributed by atoms with Crippen LogP contribution in [0, 0.1) is 0 Å². The summed E-state index contributed by atoms with van der Waals surface area (Å²) >= 11 is 3.61. The second kappa shape index (κ2) is 4.64. The van der Waals surface area contributed by atoms with Crippen molar-refractivity contribution in [1.29, 1.82) is 0 Å². The molecule has 1 N–H and O–H groups in total. The molecular weight excluding hydrogens is 254 g/mol. The molecule has 0 spiro atoms. The summed E-state index contributed by atoms with van der Waals surface area (Å²) < 4.78 is 1.22. The highest BCUT2D eigenvalue weighted by molar-refractivity contribution is 9.10. The van der Waals surface area contributed by atoms with Crippen LogP contribution in [0.25, 0.3) is 0 Å². The summed E-state index contributed by atoms with van der Waals surface area (Å²) in [4.78, 5) is 2.31. The monoisotopic (exact) mass is 269 g/mol. The van der Waals surface area contributed by atoms with Crippen molar-refractivity contribution in [2.75, 3.05) is 19.7 Å². The van der Waals surface area contributed by atoms with E-state index in [1.807, 2.05) is 0 Å². The van der Waals surface area contributed by atoms with Crippen LogP contribution >= 0.6 is 15.9 Å². The summed E-state index contributed by atoms with van der Waals surface area (Å²) in [5.41, 5.74) is 2.82. The van der Waals surface area contributed by atoms with Gasteiger partial charge in [0.1, 0.15) is 0 Å². The van der Waals surface area contributed by atoms with Crippen LogP contribution in [0.15, 0.2) is 22.7 Å². The average Bonchev–Trinajstić information content (AvgIpc) is 2.17. The summed E-state index contributed by atoms with van der Waals surface area (Å²) in [6, 6.07) is 6.37. The van der Waals surface area contributed by atoms with E-state index in [0.717, 1.165) is 19.6 Å². The number of fused-ring (bicyclic) bond motifs is 1. The van der Waals surface area contributed by atoms with Gasteiger partial charge in [0.05, 0.1) is 6.61 Å². The van der Waals surface area contributed by atoms with Gasteiger partial charge in [0.25, 0.3) is 0 Å². The largest absolute Gasteiger partial charge is 0.395 e. The van der Waals surface area contributed by atoms with Crippen LogP contribution in [0.4, 0.5) is 0 Å². The number of benzene rings is 1. The average molecular weight is 270 g/mol. The molecule has 1 heterocycles. The van der Waals surface area contributed by atoms with Crippen molar-refractivity contribution in [3.63, 3.8) is 0 Å². The number of aliphatic hydroxyl groups is 1. The molecule has 0 radical (unpaired) electrons. The predicted molar refractivity (Wildman–Crippen MR) is 64.9 cm³/mol. The van der Waals surface area contributed by atoms with E-state index in [0.29, 0.717) is 5.92 Å². The lowest BCUT2D eigenvalue weighted by Crippen LogP contribution is -2.34. The first kappa shape index (κ1) is 11.1. The fraction of sp³-hybridized carbons (Fsp3) is 0.500. The summed E-state index contributed by atoms with van der Waals surface area (Å²) in [5, 5.41) is 8.96. The van der Waals surface area contributed by atoms with Crippen molar-refractivity contribution in [2.45, 2.75) is 19.4 Å². The molecule has 1 aromatic carbocycles. The Labute approximate surface area is 99.0 Å². The molecule has 1 aliphatic rings. The van der Waals surface area contributed by atoms with Gasteiger partial charge in [-0.2, -0.15) is 0 Å². The maximum absolute atomic E-state index is 8.96. The Morgan fingerprint density at radius 2 is 2.33 bits per heavy atom. The number of nitrogens with zero attached hydrogens (tertiary/aromatic N) is 1. The molecule has 0 saturated carbocycles. The van der Waals surface area contributed by atoms with Crippen molar-refractivity contribution < 1.29 is 5.11 Å². The van der Waals surface area contributed by atoms with Gasteiger partial charge in [0.2, 0.25) is 0 Å². The highest BCUT2D eigenvalue weighted by atomic mass is 79.9. The molecule has 0 saturated heterocycles. The molecule has 0 aliphatic carbocycles. The van der Waals surface area contributed by atoms with Crippen LogP contribution in [0.3, 0.4) is 0 Å². The molecule has 1 atom stereocenters. The molecule has 0 aromatic heterocycles. The van der Waals surface area contributed by atoms with E-state index in [1.165, 1.54) is 15.6 Å². The Balaban J connectivity index is 2.28. The lowest BCUT2D eigenvalue weighted by atomic mass is 9.91.